The molecule has 0 unspecified atom stereocenters. The molecule has 0 bridgehead atoms. The van der Waals surface area contributed by atoms with Crippen molar-refractivity contribution in [2.24, 2.45) is 0 Å². The second kappa shape index (κ2) is 22.1. The fourth-order valence-corrected chi connectivity index (χ4v) is 3.73. The van der Waals surface area contributed by atoms with Gasteiger partial charge in [0.1, 0.15) is 0 Å². The molecule has 0 fully saturated rings. The second-order valence-corrected chi connectivity index (χ2v) is 7.68. The predicted molar refractivity (Wildman–Crippen MR) is 161 cm³/mol. The largest absolute Gasteiger partial charge is 3.00 e. The predicted octanol–water partition coefficient (Wildman–Crippen LogP) is 8.59. The van der Waals surface area contributed by atoms with Crippen molar-refractivity contribution in [1.29, 1.82) is 0 Å². The van der Waals surface area contributed by atoms with E-state index in [4.69, 9.17) is 0 Å². The van der Waals surface area contributed by atoms with Gasteiger partial charge in [0.05, 0.1) is 0 Å². The van der Waals surface area contributed by atoms with Crippen LogP contribution in [0, 0.1) is 19.6 Å². The van der Waals surface area contributed by atoms with Crippen molar-refractivity contribution in [2.75, 3.05) is 0 Å². The maximum absolute atomic E-state index is 3.30. The molecular formula is C31H40Cl2SiZr. The normalized spacial score (nSPS) is 10.9. The monoisotopic (exact) mass is 600 g/mol. The summed E-state index contributed by atoms with van der Waals surface area (Å²) < 4.78 is 0. The van der Waals surface area contributed by atoms with Gasteiger partial charge < -0.3 is 7.43 Å². The SMILES string of the molecule is CCCCCC.Cl.Cl.[C-]1=CC(c2ccccc2)=CC1.[CH3-].[SiH3].[Zr+3].[c-]1cccc2c1Cc1ccccc1-2. The summed E-state index contributed by atoms with van der Waals surface area (Å²) in [4.78, 5) is 0. The summed E-state index contributed by atoms with van der Waals surface area (Å²) in [6.07, 6.45) is 14.9. The number of fused-ring (bicyclic) bond motifs is 3. The first-order chi connectivity index (χ1) is 14.8. The van der Waals surface area contributed by atoms with E-state index < -0.39 is 0 Å². The molecular weight excluding hydrogens is 563 g/mol. The van der Waals surface area contributed by atoms with Gasteiger partial charge in [-0.2, -0.15) is 41.5 Å². The minimum absolute atomic E-state index is 0. The van der Waals surface area contributed by atoms with Crippen LogP contribution in [-0.2, 0) is 32.6 Å². The molecule has 186 valence electrons. The van der Waals surface area contributed by atoms with Crippen LogP contribution in [0.5, 0.6) is 0 Å². The molecule has 0 atom stereocenters. The van der Waals surface area contributed by atoms with Crippen LogP contribution in [0.15, 0.2) is 84.9 Å². The average molecular weight is 603 g/mol. The smallest absolute Gasteiger partial charge is 0.358 e. The number of hydrogen-bond acceptors (Lipinski definition) is 0. The van der Waals surface area contributed by atoms with Crippen LogP contribution < -0.4 is 0 Å². The minimum atomic E-state index is 0. The van der Waals surface area contributed by atoms with Crippen molar-refractivity contribution < 1.29 is 26.2 Å². The number of unbranched alkanes of at least 4 members (excludes halogenated alkanes) is 3. The van der Waals surface area contributed by atoms with Crippen molar-refractivity contribution in [3.8, 4) is 11.1 Å². The zero-order chi connectivity index (χ0) is 21.0. The van der Waals surface area contributed by atoms with Gasteiger partial charge in [0, 0.05) is 0 Å². The third-order valence-corrected chi connectivity index (χ3v) is 5.38. The van der Waals surface area contributed by atoms with Crippen LogP contribution in [-0.4, -0.2) is 11.0 Å². The molecule has 0 nitrogen and oxygen atoms in total. The minimum Gasteiger partial charge on any atom is -0.358 e. The van der Waals surface area contributed by atoms with Crippen LogP contribution in [0.1, 0.15) is 62.6 Å². The Bertz CT molecular complexity index is 937. The third-order valence-electron chi connectivity index (χ3n) is 5.38. The van der Waals surface area contributed by atoms with Gasteiger partial charge in [-0.1, -0.05) is 105 Å². The molecule has 0 N–H and O–H groups in total. The Kier molecular flexibility index (Phi) is 24.2. The summed E-state index contributed by atoms with van der Waals surface area (Å²) in [5.74, 6) is 0. The van der Waals surface area contributed by atoms with Crippen molar-refractivity contribution in [3.05, 3.63) is 121 Å². The summed E-state index contributed by atoms with van der Waals surface area (Å²) in [6, 6.07) is 28.5. The van der Waals surface area contributed by atoms with E-state index in [9.17, 15) is 0 Å². The number of allylic oxidation sites excluding steroid dienone is 4. The molecule has 0 aromatic heterocycles. The Balaban J connectivity index is -0.000000433. The quantitative estimate of drug-likeness (QED) is 0.125. The van der Waals surface area contributed by atoms with Gasteiger partial charge >= 0.3 is 26.2 Å². The summed E-state index contributed by atoms with van der Waals surface area (Å²) >= 11 is 0. The first-order valence-corrected chi connectivity index (χ1v) is 11.2. The van der Waals surface area contributed by atoms with Gasteiger partial charge in [0.25, 0.3) is 0 Å². The van der Waals surface area contributed by atoms with E-state index >= 15 is 0 Å². The number of hydrogen-bond donors (Lipinski definition) is 0. The first-order valence-electron chi connectivity index (χ1n) is 11.2. The van der Waals surface area contributed by atoms with Crippen LogP contribution in [0.3, 0.4) is 0 Å². The number of benzene rings is 3. The van der Waals surface area contributed by atoms with Gasteiger partial charge in [-0.15, -0.1) is 42.4 Å². The number of halogens is 2. The van der Waals surface area contributed by atoms with Crippen LogP contribution >= 0.6 is 24.8 Å². The van der Waals surface area contributed by atoms with Gasteiger partial charge in [0.2, 0.25) is 0 Å². The fourth-order valence-electron chi connectivity index (χ4n) is 3.73. The first kappa shape index (κ1) is 38.4. The van der Waals surface area contributed by atoms with E-state index in [-0.39, 0.29) is 69.4 Å². The van der Waals surface area contributed by atoms with Gasteiger partial charge in [-0.05, 0) is 17.4 Å². The van der Waals surface area contributed by atoms with Crippen molar-refractivity contribution in [1.82, 2.24) is 0 Å². The van der Waals surface area contributed by atoms with Gasteiger partial charge in [0.15, 0.2) is 0 Å². The molecule has 2 aliphatic rings. The Morgan fingerprint density at radius 3 is 1.97 bits per heavy atom. The second-order valence-electron chi connectivity index (χ2n) is 7.68. The van der Waals surface area contributed by atoms with Gasteiger partial charge in [-0.3, -0.25) is 6.08 Å². The molecule has 2 radical (unpaired) electrons. The third kappa shape index (κ3) is 12.1. The molecule has 0 heterocycles. The maximum Gasteiger partial charge on any atom is 3.00 e. The molecule has 0 spiro atoms. The Morgan fingerprint density at radius 1 is 0.771 bits per heavy atom. The van der Waals surface area contributed by atoms with Gasteiger partial charge in [-0.25, -0.2) is 6.08 Å². The molecule has 2 aliphatic carbocycles. The molecule has 3 aromatic rings. The van der Waals surface area contributed by atoms with E-state index in [1.807, 2.05) is 12.1 Å². The summed E-state index contributed by atoms with van der Waals surface area (Å²) in [6.45, 7) is 4.46. The van der Waals surface area contributed by atoms with E-state index in [1.54, 1.807) is 0 Å². The topological polar surface area (TPSA) is 0 Å². The van der Waals surface area contributed by atoms with E-state index in [0.29, 0.717) is 0 Å². The van der Waals surface area contributed by atoms with Crippen molar-refractivity contribution in [3.63, 3.8) is 0 Å². The molecule has 0 amide bonds. The zero-order valence-corrected chi connectivity index (χ0v) is 27.7. The molecule has 5 rings (SSSR count). The van der Waals surface area contributed by atoms with Crippen LogP contribution in [0.25, 0.3) is 16.7 Å². The molecule has 35 heavy (non-hydrogen) atoms. The van der Waals surface area contributed by atoms with Crippen LogP contribution in [0.2, 0.25) is 0 Å². The summed E-state index contributed by atoms with van der Waals surface area (Å²) in [7, 11) is 0. The van der Waals surface area contributed by atoms with Crippen molar-refractivity contribution in [2.45, 2.75) is 52.4 Å². The average Bonchev–Trinajstić information content (AvgIpc) is 3.47. The maximum atomic E-state index is 3.30. The molecule has 0 saturated heterocycles. The summed E-state index contributed by atoms with van der Waals surface area (Å²) in [5, 5.41) is 0. The molecule has 0 saturated carbocycles. The fraction of sp³-hybridized carbons (Fsp3) is 0.258. The number of rotatable bonds is 4. The standard InChI is InChI=1S/C13H9.C11H9.C6H14.CH3.2ClH.H3Si.Zr/c1-3-7-12-10(5-1)9-11-6-2-4-8-13(11)12;1-2-6-10(7-3-1)11-8-4-5-9-11;1-3-5-6-4-2;;;;;/h1-5,7-8H,9H2;1-3,6-9H,4H2;3-6H2,1-2H3;1H3;2*1H;1H3;/q2*-1;;-1;;;;+3. The van der Waals surface area contributed by atoms with E-state index in [0.717, 1.165) is 12.8 Å². The Labute approximate surface area is 250 Å². The molecule has 4 heteroatoms. The van der Waals surface area contributed by atoms with Crippen molar-refractivity contribution >= 4 is 41.4 Å². The zero-order valence-electron chi connectivity index (χ0n) is 21.6. The Hall–Kier alpha value is -1.18. The van der Waals surface area contributed by atoms with Crippen LogP contribution in [0.4, 0.5) is 0 Å². The molecule has 0 aliphatic heterocycles. The van der Waals surface area contributed by atoms with E-state index in [2.05, 4.69) is 98.8 Å². The summed E-state index contributed by atoms with van der Waals surface area (Å²) in [5.41, 5.74) is 8.10. The van der Waals surface area contributed by atoms with E-state index in [1.165, 1.54) is 59.1 Å². The molecule has 3 aromatic carbocycles. The Morgan fingerprint density at radius 2 is 1.37 bits per heavy atom.